The maximum Gasteiger partial charge on any atom is 0.0479 e. The molecule has 0 aromatic heterocycles. The van der Waals surface area contributed by atoms with E-state index >= 15 is 0 Å². The van der Waals surface area contributed by atoms with Gasteiger partial charge in [0.05, 0.1) is 0 Å². The van der Waals surface area contributed by atoms with E-state index in [-0.39, 0.29) is 32.8 Å². The third-order valence-corrected chi connectivity index (χ3v) is 6.58. The molecule has 1 radical (unpaired) electrons. The lowest BCUT2D eigenvalue weighted by Crippen LogP contribution is -2.11. The smallest absolute Gasteiger partial charge is 0.0479 e. The van der Waals surface area contributed by atoms with Crippen molar-refractivity contribution in [1.29, 1.82) is 0 Å². The van der Waals surface area contributed by atoms with Gasteiger partial charge in [0, 0.05) is 8.80 Å². The molecule has 0 aliphatic carbocycles. The van der Waals surface area contributed by atoms with Crippen molar-refractivity contribution in [3.05, 3.63) is 0 Å². The van der Waals surface area contributed by atoms with Gasteiger partial charge in [-0.1, -0.05) is 96.7 Å². The molecule has 0 bridgehead atoms. The van der Waals surface area contributed by atoms with Crippen molar-refractivity contribution in [2.75, 3.05) is 0 Å². The second kappa shape index (κ2) is 16.9. The van der Waals surface area contributed by atoms with Crippen LogP contribution in [0.5, 0.6) is 0 Å². The fourth-order valence-corrected chi connectivity index (χ4v) is 5.25. The third kappa shape index (κ3) is 14.9. The molecule has 2 heteroatoms. The molecule has 0 spiro atoms. The lowest BCUT2D eigenvalue weighted by molar-refractivity contribution is 0.726. The predicted octanol–water partition coefficient (Wildman–Crippen LogP) is 6.67. The molecule has 0 aliphatic rings. The van der Waals surface area contributed by atoms with Crippen LogP contribution in [0.15, 0.2) is 0 Å². The van der Waals surface area contributed by atoms with Gasteiger partial charge >= 0.3 is 0 Å². The van der Waals surface area contributed by atoms with Crippen molar-refractivity contribution >= 4 is 32.8 Å². The molecule has 17 heavy (non-hydrogen) atoms. The van der Waals surface area contributed by atoms with Gasteiger partial charge in [-0.15, -0.1) is 24.0 Å². The van der Waals surface area contributed by atoms with E-state index in [9.17, 15) is 0 Å². The van der Waals surface area contributed by atoms with Gasteiger partial charge in [-0.2, -0.15) is 0 Å². The summed E-state index contributed by atoms with van der Waals surface area (Å²) in [4.78, 5) is 0. The summed E-state index contributed by atoms with van der Waals surface area (Å²) < 4.78 is 0. The van der Waals surface area contributed by atoms with Crippen molar-refractivity contribution in [2.45, 2.75) is 96.7 Å². The van der Waals surface area contributed by atoms with Crippen LogP contribution in [0.2, 0.25) is 18.1 Å². The van der Waals surface area contributed by atoms with Crippen molar-refractivity contribution < 1.29 is 0 Å². The Bertz CT molecular complexity index is 104. The molecule has 0 unspecified atom stereocenters. The highest BCUT2D eigenvalue weighted by Gasteiger charge is 2.09. The Morgan fingerprint density at radius 3 is 1.06 bits per heavy atom. The van der Waals surface area contributed by atoms with Gasteiger partial charge in [0.1, 0.15) is 0 Å². The quantitative estimate of drug-likeness (QED) is 0.205. The summed E-state index contributed by atoms with van der Waals surface area (Å²) in [5, 5.41) is 0. The molecular weight excluding hydrogens is 335 g/mol. The maximum absolute atomic E-state index is 2.32. The van der Waals surface area contributed by atoms with Gasteiger partial charge in [-0.3, -0.25) is 0 Å². The first-order valence-corrected chi connectivity index (χ1v) is 9.80. The third-order valence-electron chi connectivity index (χ3n) is 3.40. The molecule has 0 saturated carbocycles. The van der Waals surface area contributed by atoms with Crippen LogP contribution in [-0.2, 0) is 0 Å². The second-order valence-electron chi connectivity index (χ2n) is 5.12. The Kier molecular flexibility index (Phi) is 20.2. The lowest BCUT2D eigenvalue weighted by Gasteiger charge is -2.14. The summed E-state index contributed by atoms with van der Waals surface area (Å²) in [6, 6.07) is 4.81. The fraction of sp³-hybridized carbons (Fsp3) is 1.00. The molecule has 0 N–H and O–H groups in total. The number of hydrogen-bond donors (Lipinski definition) is 0. The first-order valence-electron chi connectivity index (χ1n) is 7.68. The van der Waals surface area contributed by atoms with E-state index in [1.165, 1.54) is 57.8 Å². The zero-order chi connectivity index (χ0) is 12.1. The Labute approximate surface area is 129 Å². The van der Waals surface area contributed by atoms with Crippen molar-refractivity contribution in [3.8, 4) is 0 Å². The molecule has 0 nitrogen and oxygen atoms in total. The van der Waals surface area contributed by atoms with E-state index < -0.39 is 0 Å². The minimum Gasteiger partial charge on any atom is -0.107 e. The SMILES string of the molecule is CCCCC[Si](CCCCC)CCCCC.I. The normalized spacial score (nSPS) is 10.6. The van der Waals surface area contributed by atoms with E-state index in [4.69, 9.17) is 0 Å². The van der Waals surface area contributed by atoms with Gasteiger partial charge in [0.15, 0.2) is 0 Å². The number of unbranched alkanes of at least 4 members (excludes halogenated alkanes) is 6. The number of rotatable bonds is 12. The van der Waals surface area contributed by atoms with Crippen LogP contribution in [-0.4, -0.2) is 8.80 Å². The average Bonchev–Trinajstić information content (AvgIpc) is 2.29. The van der Waals surface area contributed by atoms with Gasteiger partial charge in [-0.25, -0.2) is 0 Å². The highest BCUT2D eigenvalue weighted by atomic mass is 127. The van der Waals surface area contributed by atoms with Crippen LogP contribution < -0.4 is 0 Å². The molecule has 0 fully saturated rings. The Hall–Kier alpha value is 0.947. The lowest BCUT2D eigenvalue weighted by atomic mass is 10.3. The maximum atomic E-state index is 2.32. The van der Waals surface area contributed by atoms with Crippen LogP contribution in [0.25, 0.3) is 0 Å². The van der Waals surface area contributed by atoms with Crippen LogP contribution >= 0.6 is 24.0 Å². The highest BCUT2D eigenvalue weighted by Crippen LogP contribution is 2.18. The predicted molar refractivity (Wildman–Crippen MR) is 94.2 cm³/mol. The summed E-state index contributed by atoms with van der Waals surface area (Å²) in [6.07, 6.45) is 13.1. The molecule has 0 aromatic carbocycles. The van der Waals surface area contributed by atoms with Gasteiger partial charge in [0.25, 0.3) is 0 Å². The monoisotopic (exact) mass is 369 g/mol. The topological polar surface area (TPSA) is 0 Å². The second-order valence-corrected chi connectivity index (χ2v) is 8.12. The Morgan fingerprint density at radius 1 is 0.529 bits per heavy atom. The highest BCUT2D eigenvalue weighted by molar-refractivity contribution is 14.0. The molecule has 105 valence electrons. The number of halogens is 1. The van der Waals surface area contributed by atoms with Crippen LogP contribution in [0.3, 0.4) is 0 Å². The summed E-state index contributed by atoms with van der Waals surface area (Å²) in [5.41, 5.74) is 0. The van der Waals surface area contributed by atoms with E-state index in [2.05, 4.69) is 20.8 Å². The summed E-state index contributed by atoms with van der Waals surface area (Å²) in [5.74, 6) is 0. The summed E-state index contributed by atoms with van der Waals surface area (Å²) in [6.45, 7) is 6.96. The zero-order valence-corrected chi connectivity index (χ0v) is 15.7. The molecule has 0 atom stereocenters. The van der Waals surface area contributed by atoms with Crippen molar-refractivity contribution in [2.24, 2.45) is 0 Å². The Balaban J connectivity index is 0. The summed E-state index contributed by atoms with van der Waals surface area (Å²) in [7, 11) is 0.0380. The standard InChI is InChI=1S/C15H33Si.HI/c1-4-7-10-13-16(14-11-8-5-2)15-12-9-6-3;/h4-15H2,1-3H3;1H. The molecular formula is C15H34ISi. The molecule has 0 aliphatic heterocycles. The van der Waals surface area contributed by atoms with Gasteiger partial charge in [0.2, 0.25) is 0 Å². The van der Waals surface area contributed by atoms with E-state index in [0.717, 1.165) is 0 Å². The summed E-state index contributed by atoms with van der Waals surface area (Å²) >= 11 is 0. The molecule has 0 saturated heterocycles. The van der Waals surface area contributed by atoms with Crippen molar-refractivity contribution in [3.63, 3.8) is 0 Å². The largest absolute Gasteiger partial charge is 0.107 e. The minimum atomic E-state index is 0. The molecule has 0 rings (SSSR count). The average molecular weight is 369 g/mol. The molecule has 0 heterocycles. The molecule has 0 aromatic rings. The van der Waals surface area contributed by atoms with E-state index in [1.807, 2.05) is 0 Å². The zero-order valence-electron chi connectivity index (χ0n) is 12.4. The van der Waals surface area contributed by atoms with E-state index in [1.54, 1.807) is 18.1 Å². The van der Waals surface area contributed by atoms with E-state index in [0.29, 0.717) is 0 Å². The fourth-order valence-electron chi connectivity index (χ4n) is 2.25. The van der Waals surface area contributed by atoms with Gasteiger partial charge in [-0.05, 0) is 0 Å². The van der Waals surface area contributed by atoms with Crippen LogP contribution in [0.4, 0.5) is 0 Å². The first-order chi connectivity index (χ1) is 7.85. The first kappa shape index (κ1) is 20.3. The van der Waals surface area contributed by atoms with Crippen molar-refractivity contribution in [1.82, 2.24) is 0 Å². The van der Waals surface area contributed by atoms with Crippen LogP contribution in [0.1, 0.15) is 78.6 Å². The van der Waals surface area contributed by atoms with Crippen LogP contribution in [0, 0.1) is 0 Å². The Morgan fingerprint density at radius 2 is 0.824 bits per heavy atom. The minimum absolute atomic E-state index is 0. The molecule has 0 amide bonds. The van der Waals surface area contributed by atoms with Gasteiger partial charge < -0.3 is 0 Å². The number of hydrogen-bond acceptors (Lipinski definition) is 0.